The second-order valence-electron chi connectivity index (χ2n) is 5.08. The predicted octanol–water partition coefficient (Wildman–Crippen LogP) is 4.31. The second-order valence-corrected chi connectivity index (χ2v) is 5.64. The van der Waals surface area contributed by atoms with E-state index in [0.717, 1.165) is 10.9 Å². The maximum Gasteiger partial charge on any atom is 0.130 e. The van der Waals surface area contributed by atoms with Crippen LogP contribution in [0.2, 0.25) is 0 Å². The van der Waals surface area contributed by atoms with Crippen molar-refractivity contribution in [2.24, 2.45) is 0 Å². The van der Waals surface area contributed by atoms with Gasteiger partial charge < -0.3 is 0 Å². The Kier molecular flexibility index (Phi) is 4.70. The standard InChI is InChI=1S/C15H15BrN2/c1-15(2,3)14-7-11(4-5-13(14)8-16)6-12(9-17)10-18/h4-7H,8H2,1-3H3. The van der Waals surface area contributed by atoms with Crippen molar-refractivity contribution in [3.8, 4) is 12.1 Å². The maximum atomic E-state index is 8.77. The monoisotopic (exact) mass is 302 g/mol. The van der Waals surface area contributed by atoms with E-state index in [1.54, 1.807) is 6.08 Å². The average molecular weight is 303 g/mol. The minimum absolute atomic E-state index is 0.0341. The summed E-state index contributed by atoms with van der Waals surface area (Å²) in [6.07, 6.45) is 1.62. The van der Waals surface area contributed by atoms with Crippen molar-refractivity contribution in [1.29, 1.82) is 10.5 Å². The molecule has 0 N–H and O–H groups in total. The molecule has 0 bridgehead atoms. The van der Waals surface area contributed by atoms with Crippen molar-refractivity contribution in [2.45, 2.75) is 31.5 Å². The van der Waals surface area contributed by atoms with Gasteiger partial charge in [-0.05, 0) is 28.2 Å². The zero-order valence-electron chi connectivity index (χ0n) is 10.8. The third-order valence-electron chi connectivity index (χ3n) is 2.64. The smallest absolute Gasteiger partial charge is 0.130 e. The van der Waals surface area contributed by atoms with E-state index in [-0.39, 0.29) is 11.0 Å². The number of rotatable bonds is 2. The van der Waals surface area contributed by atoms with Crippen molar-refractivity contribution in [3.63, 3.8) is 0 Å². The molecule has 0 spiro atoms. The van der Waals surface area contributed by atoms with E-state index in [2.05, 4.69) is 36.7 Å². The zero-order valence-corrected chi connectivity index (χ0v) is 12.4. The van der Waals surface area contributed by atoms with Crippen LogP contribution in [0.4, 0.5) is 0 Å². The molecule has 0 aliphatic carbocycles. The van der Waals surface area contributed by atoms with E-state index in [4.69, 9.17) is 10.5 Å². The summed E-state index contributed by atoms with van der Waals surface area (Å²) in [6, 6.07) is 9.77. The molecule has 0 saturated carbocycles. The number of halogens is 1. The van der Waals surface area contributed by atoms with E-state index >= 15 is 0 Å². The lowest BCUT2D eigenvalue weighted by Crippen LogP contribution is -2.14. The van der Waals surface area contributed by atoms with Gasteiger partial charge in [0.05, 0.1) is 0 Å². The number of nitrogens with zero attached hydrogens (tertiary/aromatic N) is 2. The number of alkyl halides is 1. The van der Waals surface area contributed by atoms with Crippen LogP contribution in [0.15, 0.2) is 23.8 Å². The van der Waals surface area contributed by atoms with Crippen molar-refractivity contribution >= 4 is 22.0 Å². The van der Waals surface area contributed by atoms with E-state index in [9.17, 15) is 0 Å². The molecule has 0 radical (unpaired) electrons. The first-order valence-electron chi connectivity index (χ1n) is 5.63. The quantitative estimate of drug-likeness (QED) is 0.604. The Morgan fingerprint density at radius 2 is 1.89 bits per heavy atom. The van der Waals surface area contributed by atoms with Gasteiger partial charge in [-0.25, -0.2) is 0 Å². The highest BCUT2D eigenvalue weighted by Gasteiger charge is 2.17. The molecule has 18 heavy (non-hydrogen) atoms. The summed E-state index contributed by atoms with van der Waals surface area (Å²) in [5.41, 5.74) is 3.51. The fourth-order valence-electron chi connectivity index (χ4n) is 1.75. The first-order valence-corrected chi connectivity index (χ1v) is 6.75. The lowest BCUT2D eigenvalue weighted by molar-refractivity contribution is 0.585. The fraction of sp³-hybridized carbons (Fsp3) is 0.333. The Labute approximate surface area is 117 Å². The number of nitriles is 2. The van der Waals surface area contributed by atoms with Gasteiger partial charge in [0.25, 0.3) is 0 Å². The molecule has 0 aliphatic rings. The van der Waals surface area contributed by atoms with Gasteiger partial charge in [0.2, 0.25) is 0 Å². The van der Waals surface area contributed by atoms with Gasteiger partial charge >= 0.3 is 0 Å². The molecule has 1 aromatic carbocycles. The molecular formula is C15H15BrN2. The van der Waals surface area contributed by atoms with Crippen LogP contribution in [0.1, 0.15) is 37.5 Å². The molecule has 0 aliphatic heterocycles. The van der Waals surface area contributed by atoms with E-state index in [0.29, 0.717) is 0 Å². The van der Waals surface area contributed by atoms with Crippen LogP contribution in [0, 0.1) is 22.7 Å². The third kappa shape index (κ3) is 3.45. The lowest BCUT2D eigenvalue weighted by atomic mass is 9.83. The molecule has 0 amide bonds. The second kappa shape index (κ2) is 5.85. The molecule has 0 saturated heterocycles. The number of allylic oxidation sites excluding steroid dienone is 1. The van der Waals surface area contributed by atoms with Gasteiger partial charge in [-0.1, -0.05) is 54.9 Å². The molecule has 0 heterocycles. The Bertz CT molecular complexity index is 535. The predicted molar refractivity (Wildman–Crippen MR) is 77.0 cm³/mol. The number of hydrogen-bond acceptors (Lipinski definition) is 2. The van der Waals surface area contributed by atoms with E-state index < -0.39 is 0 Å². The first kappa shape index (κ1) is 14.5. The topological polar surface area (TPSA) is 47.6 Å². The van der Waals surface area contributed by atoms with Crippen molar-refractivity contribution in [3.05, 3.63) is 40.5 Å². The molecule has 0 aromatic heterocycles. The Morgan fingerprint density at radius 1 is 1.28 bits per heavy atom. The minimum atomic E-state index is 0.0341. The summed E-state index contributed by atoms with van der Waals surface area (Å²) in [5.74, 6) is 0. The molecule has 2 nitrogen and oxygen atoms in total. The van der Waals surface area contributed by atoms with Crippen LogP contribution in [-0.2, 0) is 10.7 Å². The molecule has 3 heteroatoms. The maximum absolute atomic E-state index is 8.77. The third-order valence-corrected chi connectivity index (χ3v) is 3.24. The van der Waals surface area contributed by atoms with Gasteiger partial charge in [0.1, 0.15) is 17.7 Å². The Balaban J connectivity index is 3.34. The van der Waals surface area contributed by atoms with Crippen LogP contribution >= 0.6 is 15.9 Å². The summed E-state index contributed by atoms with van der Waals surface area (Å²) < 4.78 is 0. The highest BCUT2D eigenvalue weighted by atomic mass is 79.9. The normalized spacial score (nSPS) is 10.3. The van der Waals surface area contributed by atoms with Gasteiger partial charge in [-0.3, -0.25) is 0 Å². The van der Waals surface area contributed by atoms with Crippen molar-refractivity contribution < 1.29 is 0 Å². The fourth-order valence-corrected chi connectivity index (χ4v) is 2.24. The van der Waals surface area contributed by atoms with Gasteiger partial charge in [-0.2, -0.15) is 10.5 Å². The van der Waals surface area contributed by atoms with Crippen LogP contribution < -0.4 is 0 Å². The number of hydrogen-bond donors (Lipinski definition) is 0. The van der Waals surface area contributed by atoms with Crippen LogP contribution in [-0.4, -0.2) is 0 Å². The zero-order chi connectivity index (χ0) is 13.8. The molecular weight excluding hydrogens is 288 g/mol. The molecule has 92 valence electrons. The van der Waals surface area contributed by atoms with Crippen molar-refractivity contribution in [1.82, 2.24) is 0 Å². The van der Waals surface area contributed by atoms with Gasteiger partial charge in [-0.15, -0.1) is 0 Å². The average Bonchev–Trinajstić information content (AvgIpc) is 2.34. The molecule has 0 fully saturated rings. The summed E-state index contributed by atoms with van der Waals surface area (Å²) in [4.78, 5) is 0. The highest BCUT2D eigenvalue weighted by molar-refractivity contribution is 9.08. The Morgan fingerprint density at radius 3 is 2.33 bits per heavy atom. The van der Waals surface area contributed by atoms with E-state index in [1.807, 2.05) is 30.3 Å². The van der Waals surface area contributed by atoms with Crippen LogP contribution in [0.25, 0.3) is 6.08 Å². The first-order chi connectivity index (χ1) is 8.42. The minimum Gasteiger partial charge on any atom is -0.192 e. The van der Waals surface area contributed by atoms with Gasteiger partial charge in [0.15, 0.2) is 0 Å². The lowest BCUT2D eigenvalue weighted by Gasteiger charge is -2.22. The molecule has 1 aromatic rings. The molecule has 1 rings (SSSR count). The SMILES string of the molecule is CC(C)(C)c1cc(C=C(C#N)C#N)ccc1CBr. The van der Waals surface area contributed by atoms with Crippen molar-refractivity contribution in [2.75, 3.05) is 0 Å². The van der Waals surface area contributed by atoms with Gasteiger partial charge in [0, 0.05) is 5.33 Å². The van der Waals surface area contributed by atoms with E-state index in [1.165, 1.54) is 11.1 Å². The van der Waals surface area contributed by atoms with Crippen LogP contribution in [0.3, 0.4) is 0 Å². The highest BCUT2D eigenvalue weighted by Crippen LogP contribution is 2.29. The largest absolute Gasteiger partial charge is 0.192 e. The Hall–Kier alpha value is -1.58. The molecule has 0 atom stereocenters. The molecule has 0 unspecified atom stereocenters. The summed E-state index contributed by atoms with van der Waals surface area (Å²) in [7, 11) is 0. The number of benzene rings is 1. The van der Waals surface area contributed by atoms with Crippen LogP contribution in [0.5, 0.6) is 0 Å². The summed E-state index contributed by atoms with van der Waals surface area (Å²) >= 11 is 3.48. The summed E-state index contributed by atoms with van der Waals surface area (Å²) in [6.45, 7) is 6.45. The summed E-state index contributed by atoms with van der Waals surface area (Å²) in [5, 5.41) is 18.3.